The summed E-state index contributed by atoms with van der Waals surface area (Å²) in [7, 11) is 1.71. The molecule has 0 amide bonds. The largest absolute Gasteiger partial charge is 0.421 e. The van der Waals surface area contributed by atoms with Crippen LogP contribution in [0.3, 0.4) is 0 Å². The third-order valence-electron chi connectivity index (χ3n) is 5.35. The number of fused-ring (bicyclic) bond motifs is 3. The topological polar surface area (TPSA) is 118 Å². The van der Waals surface area contributed by atoms with E-state index in [4.69, 9.17) is 10.5 Å². The van der Waals surface area contributed by atoms with Crippen LogP contribution in [0.5, 0.6) is 11.8 Å². The molecule has 4 aromatic rings. The smallest absolute Gasteiger partial charge is 0.326 e. The van der Waals surface area contributed by atoms with E-state index in [2.05, 4.69) is 30.2 Å². The van der Waals surface area contributed by atoms with Crippen LogP contribution in [0.2, 0.25) is 0 Å². The molecule has 0 bridgehead atoms. The maximum absolute atomic E-state index is 14.3. The molecule has 0 atom stereocenters. The second kappa shape index (κ2) is 7.68. The monoisotopic (exact) mass is 438 g/mol. The minimum atomic E-state index is -0.399. The molecule has 1 fully saturated rings. The highest BCUT2D eigenvalue weighted by molar-refractivity contribution is 6.14. The Morgan fingerprint density at radius 3 is 2.69 bits per heavy atom. The zero-order chi connectivity index (χ0) is 22.4. The zero-order valence-corrected chi connectivity index (χ0v) is 17.4. The van der Waals surface area contributed by atoms with E-state index in [1.807, 2.05) is 4.90 Å². The van der Waals surface area contributed by atoms with Crippen LogP contribution in [0.25, 0.3) is 21.9 Å². The van der Waals surface area contributed by atoms with Crippen LogP contribution < -0.4 is 20.7 Å². The minimum absolute atomic E-state index is 0.0646. The number of benzene rings is 1. The highest BCUT2D eigenvalue weighted by Gasteiger charge is 2.29. The summed E-state index contributed by atoms with van der Waals surface area (Å²) in [6.07, 6.45) is 3.05. The minimum Gasteiger partial charge on any atom is -0.421 e. The molecule has 11 heteroatoms. The van der Waals surface area contributed by atoms with Crippen molar-refractivity contribution in [1.29, 1.82) is 0 Å². The SMILES string of the molecule is CNc1cc(F)cc2c1[nH]c1nc(Oc3cnc(C)nc3)nc(N3CC(=C(F)CN)C3)c12. The van der Waals surface area contributed by atoms with Crippen molar-refractivity contribution in [2.24, 2.45) is 5.73 Å². The van der Waals surface area contributed by atoms with E-state index in [1.54, 1.807) is 14.0 Å². The Kier molecular flexibility index (Phi) is 4.82. The Labute approximate surface area is 181 Å². The van der Waals surface area contributed by atoms with Gasteiger partial charge < -0.3 is 25.7 Å². The van der Waals surface area contributed by atoms with E-state index in [9.17, 15) is 8.78 Å². The van der Waals surface area contributed by atoms with Crippen LogP contribution in [-0.2, 0) is 0 Å². The Balaban J connectivity index is 1.67. The molecular weight excluding hydrogens is 418 g/mol. The fraction of sp³-hybridized carbons (Fsp3) is 0.238. The number of aryl methyl sites for hydroxylation is 1. The second-order valence-electron chi connectivity index (χ2n) is 7.44. The molecule has 164 valence electrons. The summed E-state index contributed by atoms with van der Waals surface area (Å²) in [4.78, 5) is 22.4. The van der Waals surface area contributed by atoms with Gasteiger partial charge >= 0.3 is 6.01 Å². The Bertz CT molecular complexity index is 1360. The summed E-state index contributed by atoms with van der Waals surface area (Å²) in [6, 6.07) is 2.88. The van der Waals surface area contributed by atoms with Crippen molar-refractivity contribution < 1.29 is 13.5 Å². The summed E-state index contributed by atoms with van der Waals surface area (Å²) in [5, 5.41) is 4.22. The van der Waals surface area contributed by atoms with Crippen molar-refractivity contribution >= 4 is 33.4 Å². The van der Waals surface area contributed by atoms with Gasteiger partial charge in [0.25, 0.3) is 0 Å². The third kappa shape index (κ3) is 3.36. The number of H-pyrrole nitrogens is 1. The van der Waals surface area contributed by atoms with Gasteiger partial charge in [-0.3, -0.25) is 0 Å². The van der Waals surface area contributed by atoms with E-state index < -0.39 is 5.82 Å². The molecule has 5 rings (SSSR count). The van der Waals surface area contributed by atoms with Gasteiger partial charge in [0, 0.05) is 37.6 Å². The van der Waals surface area contributed by atoms with Gasteiger partial charge in [-0.05, 0) is 19.1 Å². The first-order valence-corrected chi connectivity index (χ1v) is 9.95. The van der Waals surface area contributed by atoms with Crippen molar-refractivity contribution in [3.05, 3.63) is 47.6 Å². The number of ether oxygens (including phenoxy) is 1. The van der Waals surface area contributed by atoms with Gasteiger partial charge in [0.05, 0.1) is 29.0 Å². The number of nitrogens with two attached hydrogens (primary N) is 1. The number of nitrogens with one attached hydrogen (secondary N) is 2. The average Bonchev–Trinajstić information content (AvgIpc) is 3.11. The number of anilines is 2. The molecule has 0 saturated carbocycles. The molecule has 0 aliphatic carbocycles. The predicted octanol–water partition coefficient (Wildman–Crippen LogP) is 3.18. The molecule has 4 heterocycles. The molecule has 4 N–H and O–H groups in total. The van der Waals surface area contributed by atoms with Gasteiger partial charge in [-0.15, -0.1) is 0 Å². The van der Waals surface area contributed by atoms with Crippen LogP contribution in [0.15, 0.2) is 35.9 Å². The van der Waals surface area contributed by atoms with Crippen LogP contribution in [0, 0.1) is 12.7 Å². The average molecular weight is 438 g/mol. The fourth-order valence-electron chi connectivity index (χ4n) is 3.72. The van der Waals surface area contributed by atoms with Gasteiger partial charge in [0.1, 0.15) is 28.9 Å². The first kappa shape index (κ1) is 20.1. The number of halogens is 2. The van der Waals surface area contributed by atoms with Crippen molar-refractivity contribution in [3.8, 4) is 11.8 Å². The van der Waals surface area contributed by atoms with Gasteiger partial charge in [0.2, 0.25) is 0 Å². The van der Waals surface area contributed by atoms with Gasteiger partial charge in [0.15, 0.2) is 5.75 Å². The van der Waals surface area contributed by atoms with Crippen LogP contribution >= 0.6 is 0 Å². The molecule has 0 unspecified atom stereocenters. The van der Waals surface area contributed by atoms with E-state index in [1.165, 1.54) is 24.5 Å². The summed E-state index contributed by atoms with van der Waals surface area (Å²) in [5.74, 6) is 0.753. The number of hydrogen-bond donors (Lipinski definition) is 3. The van der Waals surface area contributed by atoms with Crippen LogP contribution in [0.1, 0.15) is 5.82 Å². The number of hydrogen-bond acceptors (Lipinski definition) is 8. The van der Waals surface area contributed by atoms with E-state index in [0.29, 0.717) is 63.7 Å². The lowest BCUT2D eigenvalue weighted by Gasteiger charge is -2.35. The van der Waals surface area contributed by atoms with E-state index in [-0.39, 0.29) is 18.4 Å². The lowest BCUT2D eigenvalue weighted by Crippen LogP contribution is -2.42. The standard InChI is InChI=1S/C21H20F2N8O/c1-10-26-6-13(7-27-10)32-21-29-19-17(14-3-12(22)4-16(25-2)18(14)28-19)20(30-21)31-8-11(9-31)15(23)5-24/h3-4,6-7,25H,5,8-9,24H2,1-2H3,(H,28,29,30). The molecule has 1 aromatic carbocycles. The Hall–Kier alpha value is -3.86. The van der Waals surface area contributed by atoms with Gasteiger partial charge in [-0.1, -0.05) is 0 Å². The highest BCUT2D eigenvalue weighted by Crippen LogP contribution is 2.39. The Morgan fingerprint density at radius 2 is 2.00 bits per heavy atom. The van der Waals surface area contributed by atoms with Gasteiger partial charge in [-0.25, -0.2) is 18.7 Å². The maximum Gasteiger partial charge on any atom is 0.326 e. The number of aromatic amines is 1. The summed E-state index contributed by atoms with van der Waals surface area (Å²) < 4.78 is 34.0. The first-order chi connectivity index (χ1) is 15.5. The normalized spacial score (nSPS) is 13.5. The van der Waals surface area contributed by atoms with Crippen molar-refractivity contribution in [2.75, 3.05) is 36.9 Å². The quantitative estimate of drug-likeness (QED) is 0.435. The summed E-state index contributed by atoms with van der Waals surface area (Å²) >= 11 is 0. The van der Waals surface area contributed by atoms with Gasteiger partial charge in [-0.2, -0.15) is 9.97 Å². The maximum atomic E-state index is 14.3. The number of rotatable bonds is 5. The summed E-state index contributed by atoms with van der Waals surface area (Å²) in [6.45, 7) is 2.27. The lowest BCUT2D eigenvalue weighted by atomic mass is 10.1. The first-order valence-electron chi connectivity index (χ1n) is 9.95. The van der Waals surface area contributed by atoms with Crippen molar-refractivity contribution in [1.82, 2.24) is 24.9 Å². The van der Waals surface area contributed by atoms with E-state index >= 15 is 0 Å². The summed E-state index contributed by atoms with van der Waals surface area (Å²) in [5.41, 5.74) is 7.75. The van der Waals surface area contributed by atoms with Crippen molar-refractivity contribution in [2.45, 2.75) is 6.92 Å². The lowest BCUT2D eigenvalue weighted by molar-refractivity contribution is 0.438. The second-order valence-corrected chi connectivity index (χ2v) is 7.44. The molecule has 32 heavy (non-hydrogen) atoms. The Morgan fingerprint density at radius 1 is 1.25 bits per heavy atom. The molecular formula is C21H20F2N8O. The third-order valence-corrected chi connectivity index (χ3v) is 5.35. The van der Waals surface area contributed by atoms with E-state index in [0.717, 1.165) is 0 Å². The fourth-order valence-corrected chi connectivity index (χ4v) is 3.72. The van der Waals surface area contributed by atoms with Crippen molar-refractivity contribution in [3.63, 3.8) is 0 Å². The molecule has 9 nitrogen and oxygen atoms in total. The highest BCUT2D eigenvalue weighted by atomic mass is 19.1. The zero-order valence-electron chi connectivity index (χ0n) is 17.4. The molecule has 0 radical (unpaired) electrons. The molecule has 1 aliphatic heterocycles. The van der Waals surface area contributed by atoms with Crippen LogP contribution in [0.4, 0.5) is 20.3 Å². The predicted molar refractivity (Wildman–Crippen MR) is 117 cm³/mol. The molecule has 0 spiro atoms. The number of nitrogens with zero attached hydrogens (tertiary/aromatic N) is 5. The molecule has 3 aromatic heterocycles. The number of aromatic nitrogens is 5. The molecule has 1 aliphatic rings. The van der Waals surface area contributed by atoms with Crippen LogP contribution in [-0.4, -0.2) is 51.6 Å². The molecule has 1 saturated heterocycles.